The lowest BCUT2D eigenvalue weighted by atomic mass is 9.95. The highest BCUT2D eigenvalue weighted by Gasteiger charge is 2.27. The Kier molecular flexibility index (Phi) is 7.76. The highest BCUT2D eigenvalue weighted by molar-refractivity contribution is 7.26. The molecule has 1 aromatic heterocycles. The first-order chi connectivity index (χ1) is 18.0. The van der Waals surface area contributed by atoms with Crippen molar-refractivity contribution in [3.05, 3.63) is 55.6 Å². The van der Waals surface area contributed by atoms with E-state index in [1.54, 1.807) is 12.1 Å². The summed E-state index contributed by atoms with van der Waals surface area (Å²) in [6.45, 7) is 3.92. The second kappa shape index (κ2) is 11.0. The van der Waals surface area contributed by atoms with Gasteiger partial charge in [-0.25, -0.2) is 9.59 Å². The predicted molar refractivity (Wildman–Crippen MR) is 141 cm³/mol. The second-order valence-electron chi connectivity index (χ2n) is 9.10. The molecule has 1 aliphatic carbocycles. The Labute approximate surface area is 220 Å². The standard InChI is InChI=1S/C25H24N4O8S/c1-13(26-36-14(2)30)17-9-19-20-10-18(21(27-37-15(3)31)8-16-6-4-5-7-16)12-23(29(34)35)25(20)38-24(19)22(11-17)28(32)33/h9-12,16H,4-8H2,1-3H3/b26-13+,27-21+. The molecule has 38 heavy (non-hydrogen) atoms. The molecule has 0 spiro atoms. The van der Waals surface area contributed by atoms with Gasteiger partial charge in [0.05, 0.1) is 21.3 Å². The Morgan fingerprint density at radius 2 is 1.37 bits per heavy atom. The number of carbonyl (C=O) groups excluding carboxylic acids is 2. The van der Waals surface area contributed by atoms with E-state index in [-0.39, 0.29) is 26.5 Å². The van der Waals surface area contributed by atoms with Crippen molar-refractivity contribution in [3.8, 4) is 0 Å². The zero-order valence-electron chi connectivity index (χ0n) is 20.9. The van der Waals surface area contributed by atoms with Gasteiger partial charge in [-0.1, -0.05) is 36.0 Å². The molecule has 1 heterocycles. The van der Waals surface area contributed by atoms with Crippen molar-refractivity contribution < 1.29 is 29.1 Å². The molecule has 1 saturated carbocycles. The van der Waals surface area contributed by atoms with E-state index in [1.807, 2.05) is 0 Å². The van der Waals surface area contributed by atoms with Gasteiger partial charge in [-0.15, -0.1) is 11.3 Å². The van der Waals surface area contributed by atoms with E-state index in [0.29, 0.717) is 39.9 Å². The lowest BCUT2D eigenvalue weighted by molar-refractivity contribution is -0.382. The van der Waals surface area contributed by atoms with E-state index in [1.165, 1.54) is 32.9 Å². The van der Waals surface area contributed by atoms with E-state index in [9.17, 15) is 29.8 Å². The summed E-state index contributed by atoms with van der Waals surface area (Å²) >= 11 is 0.948. The molecule has 13 heteroatoms. The van der Waals surface area contributed by atoms with Crippen LogP contribution in [0.2, 0.25) is 0 Å². The number of non-ortho nitro benzene ring substituents is 2. The molecule has 0 unspecified atom stereocenters. The van der Waals surface area contributed by atoms with E-state index >= 15 is 0 Å². The number of fused-ring (bicyclic) bond motifs is 3. The van der Waals surface area contributed by atoms with Crippen molar-refractivity contribution >= 4 is 66.2 Å². The normalized spacial score (nSPS) is 14.7. The van der Waals surface area contributed by atoms with Crippen molar-refractivity contribution in [2.45, 2.75) is 52.9 Å². The maximum Gasteiger partial charge on any atom is 0.331 e. The van der Waals surface area contributed by atoms with E-state index < -0.39 is 21.8 Å². The number of hydrogen-bond donors (Lipinski definition) is 0. The third-order valence-corrected chi connectivity index (χ3v) is 7.60. The number of nitrogens with zero attached hydrogens (tertiary/aromatic N) is 4. The first kappa shape index (κ1) is 26.8. The number of nitro groups is 2. The summed E-state index contributed by atoms with van der Waals surface area (Å²) in [6.07, 6.45) is 4.56. The Hall–Kier alpha value is -4.26. The fourth-order valence-electron chi connectivity index (χ4n) is 4.59. The van der Waals surface area contributed by atoms with Gasteiger partial charge in [0.15, 0.2) is 0 Å². The van der Waals surface area contributed by atoms with Gasteiger partial charge in [0, 0.05) is 47.9 Å². The second-order valence-corrected chi connectivity index (χ2v) is 10.1. The Morgan fingerprint density at radius 3 is 1.89 bits per heavy atom. The molecule has 0 bridgehead atoms. The minimum Gasteiger partial charge on any atom is -0.318 e. The number of hydrogen-bond acceptors (Lipinski definition) is 11. The molecule has 0 radical (unpaired) electrons. The highest BCUT2D eigenvalue weighted by Crippen LogP contribution is 2.44. The monoisotopic (exact) mass is 540 g/mol. The van der Waals surface area contributed by atoms with Crippen LogP contribution in [-0.2, 0) is 19.3 Å². The molecule has 3 aromatic rings. The lowest BCUT2D eigenvalue weighted by Crippen LogP contribution is -2.10. The van der Waals surface area contributed by atoms with Crippen LogP contribution in [0, 0.1) is 26.1 Å². The van der Waals surface area contributed by atoms with Crippen LogP contribution >= 0.6 is 11.3 Å². The van der Waals surface area contributed by atoms with Gasteiger partial charge >= 0.3 is 11.9 Å². The SMILES string of the molecule is CC(=O)O/N=C(\C)c1cc([N+](=O)[O-])c2sc3c([N+](=O)[O-])cc(/C(CC4CCCC4)=N/OC(C)=O)cc3c2c1. The Balaban J connectivity index is 1.98. The number of nitro benzene ring substituents is 2. The fraction of sp³-hybridized carbons (Fsp3) is 0.360. The molecule has 0 saturated heterocycles. The third-order valence-electron chi connectivity index (χ3n) is 6.33. The number of oxime groups is 2. The van der Waals surface area contributed by atoms with Gasteiger partial charge in [0.1, 0.15) is 9.40 Å². The van der Waals surface area contributed by atoms with Crippen molar-refractivity contribution in [1.82, 2.24) is 0 Å². The van der Waals surface area contributed by atoms with Crippen LogP contribution in [0.25, 0.3) is 20.2 Å². The average Bonchev–Trinajstić information content (AvgIpc) is 3.51. The molecule has 4 rings (SSSR count). The largest absolute Gasteiger partial charge is 0.331 e. The topological polar surface area (TPSA) is 164 Å². The molecular weight excluding hydrogens is 516 g/mol. The summed E-state index contributed by atoms with van der Waals surface area (Å²) < 4.78 is 0.514. The van der Waals surface area contributed by atoms with Crippen LogP contribution in [0.1, 0.15) is 64.0 Å². The highest BCUT2D eigenvalue weighted by atomic mass is 32.1. The maximum absolute atomic E-state index is 12.1. The summed E-state index contributed by atoms with van der Waals surface area (Å²) in [4.78, 5) is 55.2. The van der Waals surface area contributed by atoms with Crippen LogP contribution in [0.3, 0.4) is 0 Å². The quantitative estimate of drug-likeness (QED) is 0.145. The van der Waals surface area contributed by atoms with Crippen LogP contribution < -0.4 is 0 Å². The maximum atomic E-state index is 12.1. The Bertz CT molecular complexity index is 1540. The van der Waals surface area contributed by atoms with Gasteiger partial charge in [0.2, 0.25) is 0 Å². The molecule has 1 fully saturated rings. The molecule has 198 valence electrons. The van der Waals surface area contributed by atoms with Gasteiger partial charge < -0.3 is 9.68 Å². The lowest BCUT2D eigenvalue weighted by Gasteiger charge is -2.12. The number of thiophene rings is 1. The summed E-state index contributed by atoms with van der Waals surface area (Å²) in [5, 5.41) is 32.6. The fourth-order valence-corrected chi connectivity index (χ4v) is 5.83. The van der Waals surface area contributed by atoms with Gasteiger partial charge in [-0.2, -0.15) is 0 Å². The number of benzene rings is 2. The molecule has 0 amide bonds. The van der Waals surface area contributed by atoms with E-state index in [4.69, 9.17) is 4.84 Å². The average molecular weight is 541 g/mol. The van der Waals surface area contributed by atoms with Crippen molar-refractivity contribution in [3.63, 3.8) is 0 Å². The van der Waals surface area contributed by atoms with Gasteiger partial charge in [-0.05, 0) is 31.4 Å². The molecular formula is C25H24N4O8S. The van der Waals surface area contributed by atoms with Crippen LogP contribution in [-0.4, -0.2) is 33.2 Å². The van der Waals surface area contributed by atoms with Gasteiger partial charge in [-0.3, -0.25) is 20.2 Å². The minimum atomic E-state index is -0.650. The zero-order valence-corrected chi connectivity index (χ0v) is 21.7. The minimum absolute atomic E-state index is 0.216. The summed E-state index contributed by atoms with van der Waals surface area (Å²) in [6, 6.07) is 5.97. The van der Waals surface area contributed by atoms with Crippen LogP contribution in [0.15, 0.2) is 34.6 Å². The number of carbonyl (C=O) groups is 2. The molecule has 0 atom stereocenters. The smallest absolute Gasteiger partial charge is 0.318 e. The number of rotatable bonds is 8. The van der Waals surface area contributed by atoms with Crippen molar-refractivity contribution in [2.75, 3.05) is 0 Å². The van der Waals surface area contributed by atoms with Crippen LogP contribution in [0.4, 0.5) is 11.4 Å². The summed E-state index contributed by atoms with van der Waals surface area (Å²) in [7, 11) is 0. The van der Waals surface area contributed by atoms with Crippen LogP contribution in [0.5, 0.6) is 0 Å². The van der Waals surface area contributed by atoms with Crippen molar-refractivity contribution in [1.29, 1.82) is 0 Å². The predicted octanol–water partition coefficient (Wildman–Crippen LogP) is 6.01. The summed E-state index contributed by atoms with van der Waals surface area (Å²) in [5.74, 6) is -0.970. The third kappa shape index (κ3) is 5.67. The van der Waals surface area contributed by atoms with E-state index in [0.717, 1.165) is 37.0 Å². The molecule has 12 nitrogen and oxygen atoms in total. The summed E-state index contributed by atoms with van der Waals surface area (Å²) in [5.41, 5.74) is 0.838. The first-order valence-corrected chi connectivity index (χ1v) is 12.7. The van der Waals surface area contributed by atoms with Gasteiger partial charge in [0.25, 0.3) is 11.4 Å². The Morgan fingerprint density at radius 1 is 0.868 bits per heavy atom. The molecule has 0 N–H and O–H groups in total. The van der Waals surface area contributed by atoms with Crippen molar-refractivity contribution in [2.24, 2.45) is 16.2 Å². The molecule has 1 aliphatic rings. The van der Waals surface area contributed by atoms with E-state index in [2.05, 4.69) is 15.1 Å². The molecule has 2 aromatic carbocycles. The molecule has 0 aliphatic heterocycles. The first-order valence-electron chi connectivity index (χ1n) is 11.9. The zero-order chi connectivity index (χ0) is 27.6.